The molecule has 1 aliphatic heterocycles. The van der Waals surface area contributed by atoms with Crippen LogP contribution in [0, 0.1) is 0 Å². The molecule has 11 heteroatoms. The number of carbonyl (C=O) groups is 2. The van der Waals surface area contributed by atoms with E-state index in [9.17, 15) is 19.5 Å². The minimum absolute atomic E-state index is 0.00426. The average molecular weight is 493 g/mol. The molecular weight excluding hydrogens is 474 g/mol. The number of aromatic nitrogens is 1. The van der Waals surface area contributed by atoms with E-state index in [0.717, 1.165) is 0 Å². The Bertz CT molecular complexity index is 1470. The van der Waals surface area contributed by atoms with E-state index >= 15 is 0 Å². The Balaban J connectivity index is 1.44. The van der Waals surface area contributed by atoms with E-state index in [2.05, 4.69) is 15.6 Å². The van der Waals surface area contributed by atoms with Crippen LogP contribution in [-0.4, -0.2) is 35.2 Å². The first-order chi connectivity index (χ1) is 17.0. The fourth-order valence-electron chi connectivity index (χ4n) is 3.83. The lowest BCUT2D eigenvalue weighted by atomic mass is 9.87. The van der Waals surface area contributed by atoms with Gasteiger partial charge in [0.2, 0.25) is 18.6 Å². The first-order valence-corrected chi connectivity index (χ1v) is 11.5. The largest absolute Gasteiger partial charge is 0.508 e. The Morgan fingerprint density at radius 3 is 2.71 bits per heavy atom. The molecular formula is C24H19N3O7S. The van der Waals surface area contributed by atoms with Gasteiger partial charge in [-0.15, -0.1) is 11.3 Å². The first kappa shape index (κ1) is 22.4. The van der Waals surface area contributed by atoms with Gasteiger partial charge in [-0.3, -0.25) is 14.4 Å². The van der Waals surface area contributed by atoms with Crippen molar-refractivity contribution in [2.75, 3.05) is 18.7 Å². The summed E-state index contributed by atoms with van der Waals surface area (Å²) in [5.74, 6) is -1.25. The van der Waals surface area contributed by atoms with Crippen LogP contribution in [0.5, 0.6) is 17.2 Å². The second-order valence-corrected chi connectivity index (χ2v) is 8.59. The van der Waals surface area contributed by atoms with Crippen molar-refractivity contribution in [3.8, 4) is 17.2 Å². The Morgan fingerprint density at radius 1 is 1.11 bits per heavy atom. The van der Waals surface area contributed by atoms with Gasteiger partial charge in [-0.1, -0.05) is 12.1 Å². The zero-order valence-corrected chi connectivity index (χ0v) is 19.0. The van der Waals surface area contributed by atoms with Crippen LogP contribution in [0.25, 0.3) is 11.0 Å². The lowest BCUT2D eigenvalue weighted by Gasteiger charge is -2.19. The highest BCUT2D eigenvalue weighted by molar-refractivity contribution is 7.13. The van der Waals surface area contributed by atoms with Crippen LogP contribution in [-0.2, 0) is 9.59 Å². The number of hydrogen-bond donors (Lipinski definition) is 3. The number of benzene rings is 2. The van der Waals surface area contributed by atoms with Crippen molar-refractivity contribution >= 4 is 39.3 Å². The number of hydrogen-bond acceptors (Lipinski definition) is 9. The summed E-state index contributed by atoms with van der Waals surface area (Å²) in [7, 11) is 0. The molecule has 0 aliphatic carbocycles. The summed E-state index contributed by atoms with van der Waals surface area (Å²) >= 11 is 1.25. The van der Waals surface area contributed by atoms with E-state index in [4.69, 9.17) is 13.9 Å². The molecule has 5 rings (SSSR count). The van der Waals surface area contributed by atoms with Gasteiger partial charge in [-0.2, -0.15) is 0 Å². The maximum absolute atomic E-state index is 13.3. The molecule has 178 valence electrons. The molecule has 3 N–H and O–H groups in total. The molecule has 1 atom stereocenters. The number of ether oxygens (including phenoxy) is 2. The smallest absolute Gasteiger partial charge is 0.245 e. The van der Waals surface area contributed by atoms with Gasteiger partial charge in [0.1, 0.15) is 11.3 Å². The molecule has 3 heterocycles. The predicted octanol–water partition coefficient (Wildman–Crippen LogP) is 2.96. The first-order valence-electron chi connectivity index (χ1n) is 10.6. The normalized spacial score (nSPS) is 12.9. The summed E-state index contributed by atoms with van der Waals surface area (Å²) in [5, 5.41) is 18.3. The topological polar surface area (TPSA) is 140 Å². The number of rotatable bonds is 7. The molecule has 0 saturated heterocycles. The molecule has 0 bridgehead atoms. The summed E-state index contributed by atoms with van der Waals surface area (Å²) in [6, 6.07) is 9.68. The monoisotopic (exact) mass is 493 g/mol. The quantitative estimate of drug-likeness (QED) is 0.357. The van der Waals surface area contributed by atoms with E-state index < -0.39 is 17.7 Å². The number of nitrogens with one attached hydrogen (secondary N) is 2. The highest BCUT2D eigenvalue weighted by Crippen LogP contribution is 2.42. The number of aromatic hydroxyl groups is 1. The van der Waals surface area contributed by atoms with Crippen LogP contribution >= 0.6 is 11.3 Å². The summed E-state index contributed by atoms with van der Waals surface area (Å²) in [4.78, 5) is 42.3. The average Bonchev–Trinajstić information content (AvgIpc) is 3.53. The number of nitrogens with zero attached hydrogens (tertiary/aromatic N) is 1. The van der Waals surface area contributed by atoms with Crippen LogP contribution in [0.4, 0.5) is 5.13 Å². The molecule has 0 spiro atoms. The van der Waals surface area contributed by atoms with E-state index in [0.29, 0.717) is 33.2 Å². The molecule has 2 amide bonds. The van der Waals surface area contributed by atoms with Crippen LogP contribution in [0.2, 0.25) is 0 Å². The van der Waals surface area contributed by atoms with E-state index in [-0.39, 0.29) is 36.5 Å². The predicted molar refractivity (Wildman–Crippen MR) is 127 cm³/mol. The molecule has 10 nitrogen and oxygen atoms in total. The van der Waals surface area contributed by atoms with Crippen molar-refractivity contribution in [2.24, 2.45) is 0 Å². The van der Waals surface area contributed by atoms with Crippen LogP contribution in [0.3, 0.4) is 0 Å². The Hall–Kier alpha value is -4.38. The highest BCUT2D eigenvalue weighted by Gasteiger charge is 2.28. The van der Waals surface area contributed by atoms with Gasteiger partial charge in [0.25, 0.3) is 0 Å². The number of fused-ring (bicyclic) bond motifs is 2. The number of anilines is 1. The van der Waals surface area contributed by atoms with E-state index in [1.165, 1.54) is 23.7 Å². The fraction of sp³-hybridized carbons (Fsp3) is 0.167. The Labute approximate surface area is 202 Å². The Morgan fingerprint density at radius 2 is 1.91 bits per heavy atom. The maximum Gasteiger partial charge on any atom is 0.245 e. The molecule has 2 aromatic heterocycles. The third-order valence-corrected chi connectivity index (χ3v) is 6.18. The number of amides is 2. The van der Waals surface area contributed by atoms with Gasteiger partial charge in [0.05, 0.1) is 18.2 Å². The molecule has 0 radical (unpaired) electrons. The molecule has 35 heavy (non-hydrogen) atoms. The van der Waals surface area contributed by atoms with Gasteiger partial charge in [-0.25, -0.2) is 4.98 Å². The van der Waals surface area contributed by atoms with Crippen molar-refractivity contribution in [1.29, 1.82) is 0 Å². The second-order valence-electron chi connectivity index (χ2n) is 7.70. The number of phenols is 1. The fourth-order valence-corrected chi connectivity index (χ4v) is 4.38. The van der Waals surface area contributed by atoms with Crippen molar-refractivity contribution in [3.05, 3.63) is 75.6 Å². The standard InChI is InChI=1S/C24H19N3O7S/c28-17-9-20-19(33-12-34-20)7-15(17)14(16-11-32-18-4-2-1-3-13(18)23(16)31)8-21(29)26-10-22(30)27-24-25-5-6-35-24/h1-7,9,11,14,28H,8,10,12H2,(H,26,29)(H,25,27,30). The number of phenolic OH excluding ortho intramolecular Hbond substituents is 1. The van der Waals surface area contributed by atoms with Gasteiger partial charge >= 0.3 is 0 Å². The SMILES string of the molecule is O=C(CC(c1cc2c(cc1O)OCO2)c1coc2ccccc2c1=O)NCC(=O)Nc1nccs1. The summed E-state index contributed by atoms with van der Waals surface area (Å²) in [6.07, 6.45) is 2.61. The zero-order valence-electron chi connectivity index (χ0n) is 18.1. The molecule has 0 fully saturated rings. The van der Waals surface area contributed by atoms with Crippen molar-refractivity contribution in [2.45, 2.75) is 12.3 Å². The molecule has 0 saturated carbocycles. The summed E-state index contributed by atoms with van der Waals surface area (Å²) in [6.45, 7) is -0.291. The molecule has 4 aromatic rings. The van der Waals surface area contributed by atoms with Crippen molar-refractivity contribution < 1.29 is 28.6 Å². The van der Waals surface area contributed by atoms with E-state index in [1.807, 2.05) is 0 Å². The Kier molecular flexibility index (Phi) is 6.06. The van der Waals surface area contributed by atoms with Crippen LogP contribution in [0.15, 0.2) is 63.4 Å². The van der Waals surface area contributed by atoms with Crippen LogP contribution < -0.4 is 25.5 Å². The summed E-state index contributed by atoms with van der Waals surface area (Å²) < 4.78 is 16.4. The minimum Gasteiger partial charge on any atom is -0.508 e. The maximum atomic E-state index is 13.3. The van der Waals surface area contributed by atoms with Gasteiger partial charge in [0, 0.05) is 41.1 Å². The molecule has 2 aromatic carbocycles. The van der Waals surface area contributed by atoms with Crippen molar-refractivity contribution in [3.63, 3.8) is 0 Å². The van der Waals surface area contributed by atoms with Gasteiger partial charge in [-0.05, 0) is 18.2 Å². The third-order valence-electron chi connectivity index (χ3n) is 5.49. The zero-order chi connectivity index (χ0) is 24.4. The van der Waals surface area contributed by atoms with Crippen molar-refractivity contribution in [1.82, 2.24) is 10.3 Å². The van der Waals surface area contributed by atoms with Gasteiger partial charge in [0.15, 0.2) is 22.1 Å². The second kappa shape index (κ2) is 9.47. The lowest BCUT2D eigenvalue weighted by molar-refractivity contribution is -0.124. The van der Waals surface area contributed by atoms with Crippen LogP contribution in [0.1, 0.15) is 23.5 Å². The number of thiazole rings is 1. The highest BCUT2D eigenvalue weighted by atomic mass is 32.1. The van der Waals surface area contributed by atoms with Gasteiger partial charge < -0.3 is 29.6 Å². The lowest BCUT2D eigenvalue weighted by Crippen LogP contribution is -2.34. The third kappa shape index (κ3) is 4.66. The minimum atomic E-state index is -0.882. The number of para-hydroxylation sites is 1. The molecule has 1 unspecified atom stereocenters. The molecule has 1 aliphatic rings. The number of carbonyl (C=O) groups excluding carboxylic acids is 2. The summed E-state index contributed by atoms with van der Waals surface area (Å²) in [5.41, 5.74) is 0.543. The van der Waals surface area contributed by atoms with E-state index in [1.54, 1.807) is 41.9 Å².